The van der Waals surface area contributed by atoms with Gasteiger partial charge in [-0.15, -0.1) is 0 Å². The first-order valence-electron chi connectivity index (χ1n) is 5.83. The maximum absolute atomic E-state index is 9.61. The largest absolute Gasteiger partial charge is 0.395 e. The van der Waals surface area contributed by atoms with Gasteiger partial charge in [0.1, 0.15) is 0 Å². The summed E-state index contributed by atoms with van der Waals surface area (Å²) in [5.41, 5.74) is 0.0785. The van der Waals surface area contributed by atoms with Crippen LogP contribution in [-0.2, 0) is 0 Å². The van der Waals surface area contributed by atoms with E-state index < -0.39 is 0 Å². The highest BCUT2D eigenvalue weighted by Gasteiger charge is 2.36. The average molecular weight is 192 g/mol. The van der Waals surface area contributed by atoms with Crippen LogP contribution in [0.2, 0.25) is 0 Å². The summed E-state index contributed by atoms with van der Waals surface area (Å²) in [6, 6.07) is 0. The zero-order chi connectivity index (χ0) is 9.86. The lowest BCUT2D eigenvalue weighted by molar-refractivity contribution is 0.0839. The molecule has 1 fully saturated rings. The van der Waals surface area contributed by atoms with Crippen molar-refractivity contribution in [3.8, 4) is 0 Å². The van der Waals surface area contributed by atoms with Crippen molar-refractivity contribution in [3.05, 3.63) is 24.3 Å². The molecular formula is C13H20O. The van der Waals surface area contributed by atoms with Gasteiger partial charge in [-0.3, -0.25) is 0 Å². The molecule has 0 unspecified atom stereocenters. The van der Waals surface area contributed by atoms with Crippen LogP contribution in [0.1, 0.15) is 38.5 Å². The van der Waals surface area contributed by atoms with Crippen molar-refractivity contribution in [3.63, 3.8) is 0 Å². The molecule has 0 aromatic rings. The van der Waals surface area contributed by atoms with Gasteiger partial charge in [-0.1, -0.05) is 43.6 Å². The molecule has 1 nitrogen and oxygen atoms in total. The maximum atomic E-state index is 9.61. The van der Waals surface area contributed by atoms with E-state index in [1.165, 1.54) is 32.1 Å². The highest BCUT2D eigenvalue weighted by atomic mass is 16.3. The van der Waals surface area contributed by atoms with Crippen molar-refractivity contribution in [2.45, 2.75) is 38.5 Å². The Balaban J connectivity index is 2.10. The summed E-state index contributed by atoms with van der Waals surface area (Å²) in [6.45, 7) is 0.318. The lowest BCUT2D eigenvalue weighted by Gasteiger charge is -2.39. The average Bonchev–Trinajstić information content (AvgIpc) is 2.31. The molecule has 1 saturated carbocycles. The second-order valence-corrected chi connectivity index (χ2v) is 4.72. The minimum absolute atomic E-state index is 0.0785. The second kappa shape index (κ2) is 4.31. The van der Waals surface area contributed by atoms with Crippen molar-refractivity contribution in [1.29, 1.82) is 0 Å². The van der Waals surface area contributed by atoms with E-state index in [1.54, 1.807) is 0 Å². The number of aliphatic hydroxyl groups excluding tert-OH is 1. The predicted molar refractivity (Wildman–Crippen MR) is 59.0 cm³/mol. The van der Waals surface area contributed by atoms with E-state index in [4.69, 9.17) is 0 Å². The van der Waals surface area contributed by atoms with Crippen LogP contribution in [0.5, 0.6) is 0 Å². The molecule has 1 atom stereocenters. The molecule has 2 aliphatic carbocycles. The fourth-order valence-electron chi connectivity index (χ4n) is 2.91. The third-order valence-corrected chi connectivity index (χ3v) is 3.89. The second-order valence-electron chi connectivity index (χ2n) is 4.72. The molecule has 1 heteroatoms. The van der Waals surface area contributed by atoms with Gasteiger partial charge in [0.15, 0.2) is 0 Å². The molecule has 0 aromatic carbocycles. The zero-order valence-electron chi connectivity index (χ0n) is 8.78. The first-order valence-corrected chi connectivity index (χ1v) is 5.83. The summed E-state index contributed by atoms with van der Waals surface area (Å²) in [4.78, 5) is 0. The monoisotopic (exact) mass is 192 g/mol. The van der Waals surface area contributed by atoms with Gasteiger partial charge in [0.25, 0.3) is 0 Å². The Morgan fingerprint density at radius 3 is 2.50 bits per heavy atom. The van der Waals surface area contributed by atoms with E-state index in [2.05, 4.69) is 24.3 Å². The van der Waals surface area contributed by atoms with Crippen LogP contribution in [0.25, 0.3) is 0 Å². The molecular weight excluding hydrogens is 172 g/mol. The van der Waals surface area contributed by atoms with Crippen LogP contribution in [-0.4, -0.2) is 11.7 Å². The van der Waals surface area contributed by atoms with Gasteiger partial charge in [0.05, 0.1) is 6.61 Å². The van der Waals surface area contributed by atoms with Crippen LogP contribution < -0.4 is 0 Å². The van der Waals surface area contributed by atoms with Crippen molar-refractivity contribution in [2.24, 2.45) is 11.3 Å². The van der Waals surface area contributed by atoms with Gasteiger partial charge in [-0.25, -0.2) is 0 Å². The molecule has 1 N–H and O–H groups in total. The Labute approximate surface area is 86.5 Å². The number of rotatable bonds is 2. The van der Waals surface area contributed by atoms with E-state index in [-0.39, 0.29) is 5.41 Å². The van der Waals surface area contributed by atoms with E-state index in [0.717, 1.165) is 6.42 Å². The Kier molecular flexibility index (Phi) is 3.07. The Hall–Kier alpha value is -0.560. The maximum Gasteiger partial charge on any atom is 0.0527 e. The molecule has 2 rings (SSSR count). The number of hydrogen-bond acceptors (Lipinski definition) is 1. The van der Waals surface area contributed by atoms with Gasteiger partial charge < -0.3 is 5.11 Å². The fraction of sp³-hybridized carbons (Fsp3) is 0.692. The minimum Gasteiger partial charge on any atom is -0.395 e. The Morgan fingerprint density at radius 1 is 1.14 bits per heavy atom. The number of allylic oxidation sites excluding steroid dienone is 3. The van der Waals surface area contributed by atoms with Gasteiger partial charge in [-0.2, -0.15) is 0 Å². The van der Waals surface area contributed by atoms with Crippen LogP contribution in [0, 0.1) is 11.3 Å². The van der Waals surface area contributed by atoms with Crippen molar-refractivity contribution >= 4 is 0 Å². The summed E-state index contributed by atoms with van der Waals surface area (Å²) in [5, 5.41) is 9.61. The van der Waals surface area contributed by atoms with Crippen LogP contribution in [0.15, 0.2) is 24.3 Å². The molecule has 0 bridgehead atoms. The van der Waals surface area contributed by atoms with Crippen LogP contribution >= 0.6 is 0 Å². The third kappa shape index (κ3) is 1.78. The topological polar surface area (TPSA) is 20.2 Å². The number of hydrogen-bond donors (Lipinski definition) is 1. The Bertz CT molecular complexity index is 236. The lowest BCUT2D eigenvalue weighted by atomic mass is 9.66. The molecule has 78 valence electrons. The van der Waals surface area contributed by atoms with E-state index in [0.29, 0.717) is 12.5 Å². The zero-order valence-corrected chi connectivity index (χ0v) is 8.78. The first kappa shape index (κ1) is 9.97. The molecule has 0 saturated heterocycles. The van der Waals surface area contributed by atoms with E-state index in [1.807, 2.05) is 0 Å². The summed E-state index contributed by atoms with van der Waals surface area (Å²) in [6.07, 6.45) is 16.4. The molecule has 2 aliphatic rings. The number of aliphatic hydroxyl groups is 1. The lowest BCUT2D eigenvalue weighted by Crippen LogP contribution is -2.34. The molecule has 0 radical (unpaired) electrons. The van der Waals surface area contributed by atoms with E-state index in [9.17, 15) is 5.11 Å². The molecule has 0 heterocycles. The SMILES string of the molecule is OC[C@@]1(C2CCCCC2)C=CC=CC1. The first-order chi connectivity index (χ1) is 6.87. The Morgan fingerprint density at radius 2 is 1.93 bits per heavy atom. The fourth-order valence-corrected chi connectivity index (χ4v) is 2.91. The molecule has 0 aromatic heterocycles. The van der Waals surface area contributed by atoms with Crippen molar-refractivity contribution < 1.29 is 5.11 Å². The van der Waals surface area contributed by atoms with Crippen molar-refractivity contribution in [2.75, 3.05) is 6.61 Å². The summed E-state index contributed by atoms with van der Waals surface area (Å²) < 4.78 is 0. The van der Waals surface area contributed by atoms with Crippen LogP contribution in [0.3, 0.4) is 0 Å². The normalized spacial score (nSPS) is 33.5. The highest BCUT2D eigenvalue weighted by molar-refractivity contribution is 5.18. The van der Waals surface area contributed by atoms with E-state index >= 15 is 0 Å². The third-order valence-electron chi connectivity index (χ3n) is 3.89. The minimum atomic E-state index is 0.0785. The molecule has 0 aliphatic heterocycles. The quantitative estimate of drug-likeness (QED) is 0.713. The van der Waals surface area contributed by atoms with Gasteiger partial charge in [-0.05, 0) is 25.2 Å². The molecule has 14 heavy (non-hydrogen) atoms. The summed E-state index contributed by atoms with van der Waals surface area (Å²) in [5.74, 6) is 0.711. The van der Waals surface area contributed by atoms with Gasteiger partial charge in [0.2, 0.25) is 0 Å². The summed E-state index contributed by atoms with van der Waals surface area (Å²) >= 11 is 0. The van der Waals surface area contributed by atoms with Gasteiger partial charge in [0, 0.05) is 5.41 Å². The smallest absolute Gasteiger partial charge is 0.0527 e. The van der Waals surface area contributed by atoms with Crippen LogP contribution in [0.4, 0.5) is 0 Å². The summed E-state index contributed by atoms with van der Waals surface area (Å²) in [7, 11) is 0. The van der Waals surface area contributed by atoms with Crippen molar-refractivity contribution in [1.82, 2.24) is 0 Å². The standard InChI is InChI=1S/C13H20O/c14-11-13(9-5-2-6-10-13)12-7-3-1-4-8-12/h2,5-6,9,12,14H,1,3-4,7-8,10-11H2/t13-/m1/s1. The van der Waals surface area contributed by atoms with Gasteiger partial charge >= 0.3 is 0 Å². The molecule has 0 spiro atoms. The molecule has 0 amide bonds. The highest BCUT2D eigenvalue weighted by Crippen LogP contribution is 2.43. The predicted octanol–water partition coefficient (Wildman–Crippen LogP) is 3.06.